The average molecular weight is 192 g/mol. The average Bonchev–Trinajstić information content (AvgIpc) is 2.02. The Morgan fingerprint density at radius 1 is 0.786 bits per heavy atom. The zero-order valence-corrected chi connectivity index (χ0v) is 9.46. The van der Waals surface area contributed by atoms with Crippen LogP contribution in [0.1, 0.15) is 50.7 Å². The highest BCUT2D eigenvalue weighted by molar-refractivity contribution is 5.62. The molecule has 78 valence electrons. The summed E-state index contributed by atoms with van der Waals surface area (Å²) in [5, 5.41) is 0. The van der Waals surface area contributed by atoms with Crippen LogP contribution in [0.2, 0.25) is 0 Å². The van der Waals surface area contributed by atoms with E-state index in [4.69, 9.17) is 11.5 Å². The molecule has 0 bridgehead atoms. The Balaban J connectivity index is 3.27. The maximum atomic E-state index is 5.91. The Hall–Kier alpha value is -1.18. The van der Waals surface area contributed by atoms with Crippen molar-refractivity contribution in [1.82, 2.24) is 0 Å². The van der Waals surface area contributed by atoms with E-state index in [1.54, 1.807) is 0 Å². The number of hydrogen-bond acceptors (Lipinski definition) is 2. The molecule has 2 heteroatoms. The Labute approximate surface area is 86.3 Å². The predicted octanol–water partition coefficient (Wildman–Crippen LogP) is 3.10. The lowest BCUT2D eigenvalue weighted by atomic mass is 9.93. The molecule has 1 aromatic rings. The van der Waals surface area contributed by atoms with E-state index in [0.717, 1.165) is 11.4 Å². The number of hydrogen-bond donors (Lipinski definition) is 2. The molecule has 0 atom stereocenters. The van der Waals surface area contributed by atoms with Gasteiger partial charge in [0.1, 0.15) is 0 Å². The fourth-order valence-corrected chi connectivity index (χ4v) is 1.67. The zero-order chi connectivity index (χ0) is 10.9. The van der Waals surface area contributed by atoms with Crippen LogP contribution in [0, 0.1) is 0 Å². The van der Waals surface area contributed by atoms with Gasteiger partial charge in [0.2, 0.25) is 0 Å². The quantitative estimate of drug-likeness (QED) is 0.707. The summed E-state index contributed by atoms with van der Waals surface area (Å²) in [5.41, 5.74) is 15.8. The van der Waals surface area contributed by atoms with Gasteiger partial charge in [0.25, 0.3) is 0 Å². The molecule has 1 rings (SSSR count). The van der Waals surface area contributed by atoms with Gasteiger partial charge >= 0.3 is 0 Å². The third-order valence-corrected chi connectivity index (χ3v) is 2.53. The van der Waals surface area contributed by atoms with Crippen LogP contribution in [0.4, 0.5) is 11.4 Å². The van der Waals surface area contributed by atoms with Gasteiger partial charge in [-0.1, -0.05) is 33.8 Å². The summed E-state index contributed by atoms with van der Waals surface area (Å²) in [5.74, 6) is 0.904. The van der Waals surface area contributed by atoms with Crippen LogP contribution in [0.3, 0.4) is 0 Å². The van der Waals surface area contributed by atoms with Crippen LogP contribution in [0.25, 0.3) is 0 Å². The highest BCUT2D eigenvalue weighted by Gasteiger charge is 2.10. The van der Waals surface area contributed by atoms with E-state index < -0.39 is 0 Å². The third kappa shape index (κ3) is 2.00. The van der Waals surface area contributed by atoms with Gasteiger partial charge in [-0.05, 0) is 29.0 Å². The summed E-state index contributed by atoms with van der Waals surface area (Å²) in [6.45, 7) is 8.58. The molecule has 4 N–H and O–H groups in total. The van der Waals surface area contributed by atoms with E-state index in [1.165, 1.54) is 11.1 Å². The van der Waals surface area contributed by atoms with Gasteiger partial charge < -0.3 is 11.5 Å². The number of benzene rings is 1. The third-order valence-electron chi connectivity index (χ3n) is 2.53. The summed E-state index contributed by atoms with van der Waals surface area (Å²) in [6.07, 6.45) is 0. The van der Waals surface area contributed by atoms with E-state index in [1.807, 2.05) is 6.07 Å². The van der Waals surface area contributed by atoms with Crippen molar-refractivity contribution in [3.05, 3.63) is 23.3 Å². The molecule has 0 aliphatic heterocycles. The molecule has 0 fully saturated rings. The van der Waals surface area contributed by atoms with Crippen molar-refractivity contribution < 1.29 is 0 Å². The van der Waals surface area contributed by atoms with Crippen LogP contribution in [-0.2, 0) is 0 Å². The Kier molecular flexibility index (Phi) is 3.04. The molecule has 0 spiro atoms. The van der Waals surface area contributed by atoms with Crippen molar-refractivity contribution in [2.24, 2.45) is 0 Å². The number of nitrogens with two attached hydrogens (primary N) is 2. The molecular weight excluding hydrogens is 172 g/mol. The topological polar surface area (TPSA) is 52.0 Å². The van der Waals surface area contributed by atoms with Gasteiger partial charge in [-0.25, -0.2) is 0 Å². The Bertz CT molecular complexity index is 298. The van der Waals surface area contributed by atoms with Gasteiger partial charge in [0, 0.05) is 11.4 Å². The SMILES string of the molecule is CC(C)c1cc(C(C)C)c(N)cc1N. The first-order valence-electron chi connectivity index (χ1n) is 5.12. The second-order valence-corrected chi connectivity index (χ2v) is 4.42. The van der Waals surface area contributed by atoms with Crippen molar-refractivity contribution in [1.29, 1.82) is 0 Å². The maximum absolute atomic E-state index is 5.91. The summed E-state index contributed by atoms with van der Waals surface area (Å²) >= 11 is 0. The summed E-state index contributed by atoms with van der Waals surface area (Å²) in [4.78, 5) is 0. The molecule has 14 heavy (non-hydrogen) atoms. The minimum atomic E-state index is 0.452. The molecule has 0 unspecified atom stereocenters. The van der Waals surface area contributed by atoms with Crippen molar-refractivity contribution in [3.63, 3.8) is 0 Å². The summed E-state index contributed by atoms with van der Waals surface area (Å²) < 4.78 is 0. The van der Waals surface area contributed by atoms with Crippen LogP contribution >= 0.6 is 0 Å². The lowest BCUT2D eigenvalue weighted by Gasteiger charge is -2.16. The first-order chi connectivity index (χ1) is 6.43. The number of rotatable bonds is 2. The minimum absolute atomic E-state index is 0.452. The minimum Gasteiger partial charge on any atom is -0.398 e. The van der Waals surface area contributed by atoms with Crippen molar-refractivity contribution >= 4 is 11.4 Å². The van der Waals surface area contributed by atoms with Gasteiger partial charge in [-0.15, -0.1) is 0 Å². The fourth-order valence-electron chi connectivity index (χ4n) is 1.67. The molecule has 2 nitrogen and oxygen atoms in total. The molecule has 0 aliphatic rings. The monoisotopic (exact) mass is 192 g/mol. The first kappa shape index (κ1) is 10.9. The maximum Gasteiger partial charge on any atom is 0.0370 e. The van der Waals surface area contributed by atoms with Crippen molar-refractivity contribution in [2.45, 2.75) is 39.5 Å². The number of nitrogen functional groups attached to an aromatic ring is 2. The molecule has 0 aromatic heterocycles. The van der Waals surface area contributed by atoms with Gasteiger partial charge in [0.15, 0.2) is 0 Å². The highest BCUT2D eigenvalue weighted by Crippen LogP contribution is 2.30. The Morgan fingerprint density at radius 3 is 1.43 bits per heavy atom. The van der Waals surface area contributed by atoms with Crippen LogP contribution in [0.5, 0.6) is 0 Å². The summed E-state index contributed by atoms with van der Waals surface area (Å²) in [6, 6.07) is 4.02. The van der Waals surface area contributed by atoms with E-state index in [0.29, 0.717) is 11.8 Å². The van der Waals surface area contributed by atoms with Crippen LogP contribution in [0.15, 0.2) is 12.1 Å². The van der Waals surface area contributed by atoms with Gasteiger partial charge in [-0.3, -0.25) is 0 Å². The highest BCUT2D eigenvalue weighted by atomic mass is 14.6. The standard InChI is InChI=1S/C12H20N2/c1-7(2)9-5-10(8(3)4)12(14)6-11(9)13/h5-8H,13-14H2,1-4H3. The first-order valence-corrected chi connectivity index (χ1v) is 5.12. The number of anilines is 2. The predicted molar refractivity (Wildman–Crippen MR) is 63.4 cm³/mol. The van der Waals surface area contributed by atoms with E-state index >= 15 is 0 Å². The molecule has 0 radical (unpaired) electrons. The second-order valence-electron chi connectivity index (χ2n) is 4.42. The van der Waals surface area contributed by atoms with Crippen LogP contribution in [-0.4, -0.2) is 0 Å². The largest absolute Gasteiger partial charge is 0.398 e. The lowest BCUT2D eigenvalue weighted by Crippen LogP contribution is -2.03. The molecule has 0 saturated carbocycles. The van der Waals surface area contributed by atoms with Gasteiger partial charge in [0.05, 0.1) is 0 Å². The lowest BCUT2D eigenvalue weighted by molar-refractivity contribution is 0.838. The van der Waals surface area contributed by atoms with E-state index in [9.17, 15) is 0 Å². The smallest absolute Gasteiger partial charge is 0.0370 e. The normalized spacial score (nSPS) is 11.3. The second kappa shape index (κ2) is 3.91. The molecule has 0 amide bonds. The molecule has 0 aliphatic carbocycles. The van der Waals surface area contributed by atoms with Crippen LogP contribution < -0.4 is 11.5 Å². The van der Waals surface area contributed by atoms with E-state index in [2.05, 4.69) is 33.8 Å². The zero-order valence-electron chi connectivity index (χ0n) is 9.46. The molecular formula is C12H20N2. The van der Waals surface area contributed by atoms with E-state index in [-0.39, 0.29) is 0 Å². The summed E-state index contributed by atoms with van der Waals surface area (Å²) in [7, 11) is 0. The Morgan fingerprint density at radius 2 is 1.14 bits per heavy atom. The van der Waals surface area contributed by atoms with Crippen molar-refractivity contribution in [2.75, 3.05) is 11.5 Å². The molecule has 0 saturated heterocycles. The van der Waals surface area contributed by atoms with Gasteiger partial charge in [-0.2, -0.15) is 0 Å². The van der Waals surface area contributed by atoms with Crippen molar-refractivity contribution in [3.8, 4) is 0 Å². The molecule has 0 heterocycles. The fraction of sp³-hybridized carbons (Fsp3) is 0.500. The molecule has 1 aromatic carbocycles.